The molecule has 1 aliphatic carbocycles. The first kappa shape index (κ1) is 24.0. The number of carbonyl (C=O) groups excluding carboxylic acids is 2. The molecular formula is C22H21ClF3N3O6. The molecule has 2 fully saturated rings. The SMILES string of the molecule is O=C1CC(C(=O)N[C@@H]2CC[C@@H](c3nnc([C@H]4C[C@@H](OC(F)(F)F)C4)o3)OC2)Oc2ccc(Cl)cc21. The zero-order valence-corrected chi connectivity index (χ0v) is 19.0. The summed E-state index contributed by atoms with van der Waals surface area (Å²) in [7, 11) is 0. The minimum Gasteiger partial charge on any atom is -0.479 e. The first-order valence-electron chi connectivity index (χ1n) is 11.1. The topological polar surface area (TPSA) is 113 Å². The highest BCUT2D eigenvalue weighted by molar-refractivity contribution is 6.31. The standard InChI is InChI=1S/C22H21ClF3N3O6/c23-11-1-3-16-14(7-11)15(30)8-18(33-16)19(31)27-12-2-4-17(32-9-12)21-29-28-20(34-21)10-5-13(6-10)35-22(24,25)26/h1,3,7,10,12-13,17-18H,2,4-6,8-9H2,(H,27,31)/t10-,12-,13+,17+,18?/m1/s1. The third-order valence-corrected chi connectivity index (χ3v) is 6.51. The maximum Gasteiger partial charge on any atom is 0.522 e. The predicted octanol–water partition coefficient (Wildman–Crippen LogP) is 3.88. The molecule has 1 amide bonds. The van der Waals surface area contributed by atoms with Crippen LogP contribution in [0.15, 0.2) is 22.6 Å². The molecule has 1 aromatic carbocycles. The molecule has 0 bridgehead atoms. The van der Waals surface area contributed by atoms with Gasteiger partial charge in [0.2, 0.25) is 11.8 Å². The molecule has 5 rings (SSSR count). The molecule has 2 aliphatic heterocycles. The highest BCUT2D eigenvalue weighted by atomic mass is 35.5. The zero-order valence-electron chi connectivity index (χ0n) is 18.2. The zero-order chi connectivity index (χ0) is 24.7. The van der Waals surface area contributed by atoms with Crippen molar-refractivity contribution < 1.29 is 41.4 Å². The van der Waals surface area contributed by atoms with Gasteiger partial charge < -0.3 is 19.2 Å². The van der Waals surface area contributed by atoms with Gasteiger partial charge in [-0.2, -0.15) is 0 Å². The van der Waals surface area contributed by atoms with Gasteiger partial charge in [0, 0.05) is 10.9 Å². The van der Waals surface area contributed by atoms with E-state index in [0.717, 1.165) is 0 Å². The molecule has 3 heterocycles. The van der Waals surface area contributed by atoms with Gasteiger partial charge in [0.15, 0.2) is 11.9 Å². The second kappa shape index (κ2) is 9.40. The Balaban J connectivity index is 1.09. The molecule has 35 heavy (non-hydrogen) atoms. The van der Waals surface area contributed by atoms with E-state index in [9.17, 15) is 22.8 Å². The van der Waals surface area contributed by atoms with Crippen LogP contribution in [0.25, 0.3) is 0 Å². The predicted molar refractivity (Wildman–Crippen MR) is 112 cm³/mol. The number of halogens is 4. The Morgan fingerprint density at radius 2 is 1.94 bits per heavy atom. The number of hydrogen-bond donors (Lipinski definition) is 1. The number of benzene rings is 1. The van der Waals surface area contributed by atoms with E-state index in [2.05, 4.69) is 20.3 Å². The van der Waals surface area contributed by atoms with E-state index in [0.29, 0.717) is 29.2 Å². The van der Waals surface area contributed by atoms with Crippen LogP contribution in [0.5, 0.6) is 5.75 Å². The number of ketones is 1. The molecule has 1 N–H and O–H groups in total. The molecular weight excluding hydrogens is 495 g/mol. The maximum absolute atomic E-state index is 12.7. The summed E-state index contributed by atoms with van der Waals surface area (Å²) in [5.41, 5.74) is 0.356. The van der Waals surface area contributed by atoms with Crippen molar-refractivity contribution in [3.8, 4) is 5.75 Å². The fourth-order valence-electron chi connectivity index (χ4n) is 4.39. The number of amides is 1. The monoisotopic (exact) mass is 515 g/mol. The number of hydrogen-bond acceptors (Lipinski definition) is 8. The third kappa shape index (κ3) is 5.44. The van der Waals surface area contributed by atoms with Crippen LogP contribution in [0.2, 0.25) is 5.02 Å². The highest BCUT2D eigenvalue weighted by Crippen LogP contribution is 2.41. The average Bonchev–Trinajstić information content (AvgIpc) is 3.26. The lowest BCUT2D eigenvalue weighted by Crippen LogP contribution is -2.48. The number of nitrogens with zero attached hydrogens (tertiary/aromatic N) is 2. The molecule has 1 unspecified atom stereocenters. The van der Waals surface area contributed by atoms with E-state index in [4.69, 9.17) is 25.5 Å². The van der Waals surface area contributed by atoms with Crippen molar-refractivity contribution in [3.63, 3.8) is 0 Å². The number of nitrogens with one attached hydrogen (secondary N) is 1. The normalized spacial score (nSPS) is 28.6. The molecule has 13 heteroatoms. The van der Waals surface area contributed by atoms with Crippen LogP contribution < -0.4 is 10.1 Å². The van der Waals surface area contributed by atoms with Gasteiger partial charge in [-0.1, -0.05) is 11.6 Å². The number of ether oxygens (including phenoxy) is 3. The number of rotatable bonds is 5. The van der Waals surface area contributed by atoms with Crippen molar-refractivity contribution in [2.75, 3.05) is 6.61 Å². The summed E-state index contributed by atoms with van der Waals surface area (Å²) in [4.78, 5) is 25.1. The molecule has 188 valence electrons. The van der Waals surface area contributed by atoms with Gasteiger partial charge in [-0.05, 0) is 43.9 Å². The first-order chi connectivity index (χ1) is 16.6. The van der Waals surface area contributed by atoms with Gasteiger partial charge >= 0.3 is 6.36 Å². The van der Waals surface area contributed by atoms with Gasteiger partial charge in [-0.25, -0.2) is 0 Å². The second-order valence-electron chi connectivity index (χ2n) is 8.81. The van der Waals surface area contributed by atoms with Gasteiger partial charge in [0.1, 0.15) is 11.9 Å². The van der Waals surface area contributed by atoms with Gasteiger partial charge in [-0.15, -0.1) is 23.4 Å². The number of fused-ring (bicyclic) bond motifs is 1. The minimum absolute atomic E-state index is 0.0871. The van der Waals surface area contributed by atoms with E-state index >= 15 is 0 Å². The second-order valence-corrected chi connectivity index (χ2v) is 9.25. The molecule has 0 radical (unpaired) electrons. The summed E-state index contributed by atoms with van der Waals surface area (Å²) >= 11 is 5.92. The van der Waals surface area contributed by atoms with E-state index in [1.165, 1.54) is 6.07 Å². The van der Waals surface area contributed by atoms with Crippen LogP contribution in [0.3, 0.4) is 0 Å². The first-order valence-corrected chi connectivity index (χ1v) is 11.5. The summed E-state index contributed by atoms with van der Waals surface area (Å²) < 4.78 is 57.9. The van der Waals surface area contributed by atoms with Crippen molar-refractivity contribution in [2.45, 2.75) is 68.7 Å². The van der Waals surface area contributed by atoms with Crippen molar-refractivity contribution in [1.82, 2.24) is 15.5 Å². The van der Waals surface area contributed by atoms with Crippen LogP contribution in [-0.4, -0.2) is 53.1 Å². The Hall–Kier alpha value is -2.70. The van der Waals surface area contributed by atoms with Crippen molar-refractivity contribution in [1.29, 1.82) is 0 Å². The Morgan fingerprint density at radius 3 is 2.66 bits per heavy atom. The van der Waals surface area contributed by atoms with E-state index in [1.807, 2.05) is 0 Å². The lowest BCUT2D eigenvalue weighted by Gasteiger charge is -2.33. The van der Waals surface area contributed by atoms with E-state index in [-0.39, 0.29) is 55.4 Å². The molecule has 0 spiro atoms. The summed E-state index contributed by atoms with van der Waals surface area (Å²) in [6.45, 7) is 0.186. The quantitative estimate of drug-likeness (QED) is 0.638. The van der Waals surface area contributed by atoms with Gasteiger partial charge in [0.05, 0.1) is 30.7 Å². The van der Waals surface area contributed by atoms with Crippen LogP contribution in [0.1, 0.15) is 66.3 Å². The molecule has 2 aromatic rings. The van der Waals surface area contributed by atoms with Crippen LogP contribution in [-0.2, 0) is 14.3 Å². The smallest absolute Gasteiger partial charge is 0.479 e. The molecule has 3 atom stereocenters. The van der Waals surface area contributed by atoms with E-state index in [1.54, 1.807) is 12.1 Å². The van der Waals surface area contributed by atoms with E-state index < -0.39 is 30.6 Å². The van der Waals surface area contributed by atoms with Gasteiger partial charge in [-0.3, -0.25) is 14.3 Å². The lowest BCUT2D eigenvalue weighted by molar-refractivity contribution is -0.352. The molecule has 9 nitrogen and oxygen atoms in total. The van der Waals surface area contributed by atoms with Crippen molar-refractivity contribution >= 4 is 23.3 Å². The number of Topliss-reactive ketones (excluding diaryl/α,β-unsaturated/α-hetero) is 1. The summed E-state index contributed by atoms with van der Waals surface area (Å²) in [6.07, 6.45) is -5.70. The van der Waals surface area contributed by atoms with Crippen LogP contribution in [0.4, 0.5) is 13.2 Å². The summed E-state index contributed by atoms with van der Waals surface area (Å²) in [5.74, 6) is -0.0713. The Bertz CT molecular complexity index is 1110. The van der Waals surface area contributed by atoms with Gasteiger partial charge in [0.25, 0.3) is 5.91 Å². The summed E-state index contributed by atoms with van der Waals surface area (Å²) in [5, 5.41) is 11.2. The summed E-state index contributed by atoms with van der Waals surface area (Å²) in [6, 6.07) is 4.38. The Morgan fingerprint density at radius 1 is 1.17 bits per heavy atom. The largest absolute Gasteiger partial charge is 0.522 e. The lowest BCUT2D eigenvalue weighted by atomic mass is 9.82. The molecule has 1 saturated heterocycles. The van der Waals surface area contributed by atoms with Crippen molar-refractivity contribution in [3.05, 3.63) is 40.6 Å². The molecule has 1 aromatic heterocycles. The minimum atomic E-state index is -4.66. The highest BCUT2D eigenvalue weighted by Gasteiger charge is 2.43. The number of aromatic nitrogens is 2. The average molecular weight is 516 g/mol. The number of carbonyl (C=O) groups is 2. The molecule has 3 aliphatic rings. The fraction of sp³-hybridized carbons (Fsp3) is 0.545. The maximum atomic E-state index is 12.7. The Labute approximate surface area is 202 Å². The van der Waals surface area contributed by atoms with Crippen LogP contribution in [0, 0.1) is 0 Å². The van der Waals surface area contributed by atoms with Crippen molar-refractivity contribution in [2.24, 2.45) is 0 Å². The Kier molecular flexibility index (Phi) is 6.45. The third-order valence-electron chi connectivity index (χ3n) is 6.27. The van der Waals surface area contributed by atoms with Crippen LogP contribution >= 0.6 is 11.6 Å². The number of alkyl halides is 3. The molecule has 1 saturated carbocycles. The fourth-order valence-corrected chi connectivity index (χ4v) is 4.56.